The van der Waals surface area contributed by atoms with Crippen LogP contribution in [0.4, 0.5) is 0 Å². The van der Waals surface area contributed by atoms with Crippen molar-refractivity contribution in [3.63, 3.8) is 0 Å². The van der Waals surface area contributed by atoms with Gasteiger partial charge < -0.3 is 10.4 Å². The predicted molar refractivity (Wildman–Crippen MR) is 83.4 cm³/mol. The number of aliphatic carboxylic acids is 1. The van der Waals surface area contributed by atoms with Crippen molar-refractivity contribution in [2.24, 2.45) is 5.41 Å². The molecule has 1 saturated carbocycles. The van der Waals surface area contributed by atoms with Gasteiger partial charge in [-0.15, -0.1) is 11.8 Å². The maximum Gasteiger partial charge on any atom is 0.303 e. The molecule has 0 spiro atoms. The summed E-state index contributed by atoms with van der Waals surface area (Å²) in [4.78, 5) is 23.9. The van der Waals surface area contributed by atoms with Crippen LogP contribution in [-0.4, -0.2) is 29.3 Å². The number of rotatable bonds is 7. The predicted octanol–water partition coefficient (Wildman–Crippen LogP) is 2.85. The van der Waals surface area contributed by atoms with E-state index in [4.69, 9.17) is 5.11 Å². The number of aryl methyl sites for hydroxylation is 1. The molecule has 2 N–H and O–H groups in total. The number of hydrogen-bond donors (Lipinski definition) is 2. The molecular weight excluding hydrogens is 286 g/mol. The van der Waals surface area contributed by atoms with Gasteiger partial charge in [-0.2, -0.15) is 0 Å². The Bertz CT molecular complexity index is 526. The van der Waals surface area contributed by atoms with E-state index in [-0.39, 0.29) is 17.7 Å². The van der Waals surface area contributed by atoms with Crippen molar-refractivity contribution in [1.82, 2.24) is 5.32 Å². The zero-order valence-electron chi connectivity index (χ0n) is 12.2. The van der Waals surface area contributed by atoms with Crippen molar-refractivity contribution in [1.29, 1.82) is 0 Å². The van der Waals surface area contributed by atoms with Crippen LogP contribution in [0.2, 0.25) is 0 Å². The molecule has 0 heterocycles. The number of hydrogen-bond acceptors (Lipinski definition) is 3. The first-order valence-corrected chi connectivity index (χ1v) is 8.16. The summed E-state index contributed by atoms with van der Waals surface area (Å²) in [6.07, 6.45) is 2.99. The molecule has 1 aromatic carbocycles. The molecule has 1 aliphatic rings. The zero-order valence-corrected chi connectivity index (χ0v) is 13.0. The van der Waals surface area contributed by atoms with Crippen LogP contribution in [0, 0.1) is 12.3 Å². The molecule has 0 atom stereocenters. The van der Waals surface area contributed by atoms with Crippen molar-refractivity contribution < 1.29 is 14.7 Å². The molecule has 21 heavy (non-hydrogen) atoms. The number of amides is 1. The minimum absolute atomic E-state index is 0.0279. The van der Waals surface area contributed by atoms with E-state index >= 15 is 0 Å². The van der Waals surface area contributed by atoms with Crippen LogP contribution in [0.3, 0.4) is 0 Å². The van der Waals surface area contributed by atoms with Crippen molar-refractivity contribution in [3.8, 4) is 0 Å². The third-order valence-electron chi connectivity index (χ3n) is 4.05. The van der Waals surface area contributed by atoms with Crippen LogP contribution in [0.1, 0.15) is 31.2 Å². The molecule has 0 unspecified atom stereocenters. The van der Waals surface area contributed by atoms with Crippen LogP contribution in [0.15, 0.2) is 29.2 Å². The van der Waals surface area contributed by atoms with Crippen LogP contribution >= 0.6 is 11.8 Å². The molecule has 0 aromatic heterocycles. The van der Waals surface area contributed by atoms with E-state index < -0.39 is 5.97 Å². The Labute approximate surface area is 129 Å². The molecule has 1 fully saturated rings. The summed E-state index contributed by atoms with van der Waals surface area (Å²) in [5.74, 6) is -0.438. The molecule has 0 aliphatic heterocycles. The van der Waals surface area contributed by atoms with E-state index in [0.717, 1.165) is 29.7 Å². The van der Waals surface area contributed by atoms with Crippen LogP contribution < -0.4 is 5.32 Å². The van der Waals surface area contributed by atoms with E-state index in [1.165, 1.54) is 11.8 Å². The van der Waals surface area contributed by atoms with Crippen molar-refractivity contribution in [2.45, 2.75) is 37.5 Å². The third kappa shape index (κ3) is 4.49. The summed E-state index contributed by atoms with van der Waals surface area (Å²) in [5, 5.41) is 11.8. The van der Waals surface area contributed by atoms with E-state index in [9.17, 15) is 9.59 Å². The third-order valence-corrected chi connectivity index (χ3v) is 5.23. The normalized spacial score (nSPS) is 16.0. The molecule has 2 rings (SSSR count). The van der Waals surface area contributed by atoms with Gasteiger partial charge in [0.05, 0.1) is 12.2 Å². The lowest BCUT2D eigenvalue weighted by molar-refractivity contribution is -0.141. The largest absolute Gasteiger partial charge is 0.481 e. The smallest absolute Gasteiger partial charge is 0.303 e. The first-order valence-electron chi connectivity index (χ1n) is 7.18. The highest BCUT2D eigenvalue weighted by molar-refractivity contribution is 8.00. The Balaban J connectivity index is 1.77. The van der Waals surface area contributed by atoms with E-state index in [1.807, 2.05) is 31.2 Å². The van der Waals surface area contributed by atoms with Crippen molar-refractivity contribution >= 4 is 23.6 Å². The summed E-state index contributed by atoms with van der Waals surface area (Å²) in [5.41, 5.74) is 0.950. The van der Waals surface area contributed by atoms with Gasteiger partial charge in [-0.05, 0) is 36.8 Å². The number of benzene rings is 1. The van der Waals surface area contributed by atoms with Gasteiger partial charge >= 0.3 is 5.97 Å². The average Bonchev–Trinajstić information content (AvgIpc) is 2.40. The minimum Gasteiger partial charge on any atom is -0.481 e. The Kier molecular flexibility index (Phi) is 5.28. The second kappa shape index (κ2) is 6.98. The fraction of sp³-hybridized carbons (Fsp3) is 0.500. The van der Waals surface area contributed by atoms with Crippen LogP contribution in [-0.2, 0) is 9.59 Å². The van der Waals surface area contributed by atoms with Crippen LogP contribution in [0.5, 0.6) is 0 Å². The SMILES string of the molecule is Cc1ccccc1SCC(=O)NCC1(CC(=O)O)CCC1. The summed E-state index contributed by atoms with van der Waals surface area (Å²) < 4.78 is 0. The van der Waals surface area contributed by atoms with E-state index in [0.29, 0.717) is 12.3 Å². The quantitative estimate of drug-likeness (QED) is 0.760. The zero-order chi connectivity index (χ0) is 15.3. The molecule has 1 aliphatic carbocycles. The number of nitrogens with one attached hydrogen (secondary N) is 1. The molecule has 1 aromatic rings. The maximum absolute atomic E-state index is 11.9. The highest BCUT2D eigenvalue weighted by Crippen LogP contribution is 2.43. The lowest BCUT2D eigenvalue weighted by Gasteiger charge is -2.40. The number of carbonyl (C=O) groups excluding carboxylic acids is 1. The first-order chi connectivity index (χ1) is 10.0. The topological polar surface area (TPSA) is 66.4 Å². The van der Waals surface area contributed by atoms with Gasteiger partial charge in [0.1, 0.15) is 0 Å². The van der Waals surface area contributed by atoms with Crippen molar-refractivity contribution in [3.05, 3.63) is 29.8 Å². The van der Waals surface area contributed by atoms with Gasteiger partial charge in [0, 0.05) is 11.4 Å². The summed E-state index contributed by atoms with van der Waals surface area (Å²) in [7, 11) is 0. The fourth-order valence-corrected chi connectivity index (χ4v) is 3.47. The van der Waals surface area contributed by atoms with Crippen molar-refractivity contribution in [2.75, 3.05) is 12.3 Å². The fourth-order valence-electron chi connectivity index (χ4n) is 2.61. The Hall–Kier alpha value is -1.49. The first kappa shape index (κ1) is 15.9. The molecule has 4 nitrogen and oxygen atoms in total. The lowest BCUT2D eigenvalue weighted by Crippen LogP contribution is -2.44. The molecule has 0 radical (unpaired) electrons. The highest BCUT2D eigenvalue weighted by atomic mass is 32.2. The number of carbonyl (C=O) groups is 2. The monoisotopic (exact) mass is 307 g/mol. The van der Waals surface area contributed by atoms with Gasteiger partial charge in [-0.25, -0.2) is 0 Å². The van der Waals surface area contributed by atoms with E-state index in [1.54, 1.807) is 0 Å². The second-order valence-electron chi connectivity index (χ2n) is 5.75. The minimum atomic E-state index is -0.779. The van der Waals surface area contributed by atoms with Gasteiger partial charge in [0.2, 0.25) is 5.91 Å². The molecule has 0 bridgehead atoms. The Morgan fingerprint density at radius 1 is 1.33 bits per heavy atom. The molecular formula is C16H21NO3S. The van der Waals surface area contributed by atoms with E-state index in [2.05, 4.69) is 5.32 Å². The second-order valence-corrected chi connectivity index (χ2v) is 6.77. The molecule has 114 valence electrons. The van der Waals surface area contributed by atoms with Gasteiger partial charge in [0.15, 0.2) is 0 Å². The summed E-state index contributed by atoms with van der Waals surface area (Å²) >= 11 is 1.52. The Morgan fingerprint density at radius 3 is 2.62 bits per heavy atom. The standard InChI is InChI=1S/C16H21NO3S/c1-12-5-2-3-6-13(12)21-10-14(18)17-11-16(7-4-8-16)9-15(19)20/h2-3,5-6H,4,7-11H2,1H3,(H,17,18)(H,19,20). The molecule has 0 saturated heterocycles. The molecule has 1 amide bonds. The van der Waals surface area contributed by atoms with Crippen LogP contribution in [0.25, 0.3) is 0 Å². The Morgan fingerprint density at radius 2 is 2.05 bits per heavy atom. The number of thioether (sulfide) groups is 1. The lowest BCUT2D eigenvalue weighted by atomic mass is 9.66. The highest BCUT2D eigenvalue weighted by Gasteiger charge is 2.39. The summed E-state index contributed by atoms with van der Waals surface area (Å²) in [6, 6.07) is 7.97. The summed E-state index contributed by atoms with van der Waals surface area (Å²) in [6.45, 7) is 2.50. The maximum atomic E-state index is 11.9. The van der Waals surface area contributed by atoms with Gasteiger partial charge in [-0.1, -0.05) is 24.6 Å². The van der Waals surface area contributed by atoms with Gasteiger partial charge in [0.25, 0.3) is 0 Å². The number of carboxylic acids is 1. The van der Waals surface area contributed by atoms with Gasteiger partial charge in [-0.3, -0.25) is 9.59 Å². The molecule has 5 heteroatoms. The number of carboxylic acid groups (broad SMARTS) is 1. The average molecular weight is 307 g/mol.